The molecular weight excluding hydrogens is 240 g/mol. The third-order valence-corrected chi connectivity index (χ3v) is 3.08. The van der Waals surface area contributed by atoms with Gasteiger partial charge in [-0.05, 0) is 13.0 Å². The monoisotopic (exact) mass is 252 g/mol. The number of carbonyl (C=O) groups excluding carboxylic acids is 2. The fourth-order valence-corrected chi connectivity index (χ4v) is 2.39. The van der Waals surface area contributed by atoms with Gasteiger partial charge in [-0.1, -0.05) is 23.7 Å². The summed E-state index contributed by atoms with van der Waals surface area (Å²) in [5.41, 5.74) is 1.47. The number of nitrogens with zero attached hydrogens (tertiary/aromatic N) is 1. The molecule has 1 aliphatic heterocycles. The maximum Gasteiger partial charge on any atom is 0.254 e. The molecule has 90 valence electrons. The van der Waals surface area contributed by atoms with Crippen molar-refractivity contribution >= 4 is 29.1 Å². The number of benzene rings is 1. The highest BCUT2D eigenvalue weighted by atomic mass is 35.5. The molecule has 4 nitrogen and oxygen atoms in total. The minimum Gasteiger partial charge on any atom is -0.341 e. The maximum absolute atomic E-state index is 12.1. The van der Waals surface area contributed by atoms with Gasteiger partial charge in [0, 0.05) is 19.0 Å². The third-order valence-electron chi connectivity index (χ3n) is 2.78. The molecule has 1 aliphatic rings. The molecule has 1 aromatic carbocycles. The van der Waals surface area contributed by atoms with Crippen molar-refractivity contribution in [3.05, 3.63) is 28.8 Å². The Hall–Kier alpha value is -1.55. The topological polar surface area (TPSA) is 49.4 Å². The molecule has 0 bridgehead atoms. The summed E-state index contributed by atoms with van der Waals surface area (Å²) < 4.78 is 0. The molecule has 1 aromatic rings. The minimum atomic E-state index is -0.610. The van der Waals surface area contributed by atoms with Crippen molar-refractivity contribution in [3.63, 3.8) is 0 Å². The number of likely N-dealkylation sites (N-methyl/N-ethyl adjacent to an activating group) is 1. The molecule has 0 fully saturated rings. The molecular formula is C12H13ClN2O2. The average molecular weight is 253 g/mol. The van der Waals surface area contributed by atoms with E-state index in [1.54, 1.807) is 17.0 Å². The molecule has 0 saturated carbocycles. The maximum atomic E-state index is 12.1. The van der Waals surface area contributed by atoms with E-state index in [2.05, 4.69) is 5.32 Å². The molecule has 1 N–H and O–H groups in total. The molecule has 0 radical (unpaired) electrons. The van der Waals surface area contributed by atoms with Gasteiger partial charge in [0.05, 0.1) is 10.7 Å². The van der Waals surface area contributed by atoms with Crippen molar-refractivity contribution in [2.24, 2.45) is 0 Å². The van der Waals surface area contributed by atoms with Crippen LogP contribution in [0, 0.1) is 0 Å². The van der Waals surface area contributed by atoms with Crippen molar-refractivity contribution in [2.45, 2.75) is 19.9 Å². The highest BCUT2D eigenvalue weighted by Crippen LogP contribution is 2.40. The van der Waals surface area contributed by atoms with Gasteiger partial charge in [0.25, 0.3) is 5.91 Å². The summed E-state index contributed by atoms with van der Waals surface area (Å²) >= 11 is 6.10. The Morgan fingerprint density at radius 3 is 2.82 bits per heavy atom. The zero-order valence-corrected chi connectivity index (χ0v) is 10.4. The molecule has 0 unspecified atom stereocenters. The second-order valence-electron chi connectivity index (χ2n) is 3.89. The van der Waals surface area contributed by atoms with Gasteiger partial charge in [-0.3, -0.25) is 9.59 Å². The third kappa shape index (κ3) is 1.89. The van der Waals surface area contributed by atoms with Gasteiger partial charge in [0.2, 0.25) is 5.91 Å². The first-order valence-electron chi connectivity index (χ1n) is 5.43. The Labute approximate surface area is 105 Å². The number of nitrogens with one attached hydrogen (secondary N) is 1. The number of rotatable bonds is 2. The van der Waals surface area contributed by atoms with Crippen molar-refractivity contribution in [3.8, 4) is 0 Å². The predicted octanol–water partition coefficient (Wildman–Crippen LogP) is 1.88. The molecule has 0 saturated heterocycles. The Bertz CT molecular complexity index is 487. The number of halogens is 1. The lowest BCUT2D eigenvalue weighted by molar-refractivity contribution is -0.126. The first-order chi connectivity index (χ1) is 8.06. The lowest BCUT2D eigenvalue weighted by atomic mass is 10.1. The molecule has 1 atom stereocenters. The molecule has 5 heteroatoms. The summed E-state index contributed by atoms with van der Waals surface area (Å²) in [6.07, 6.45) is 0. The normalized spacial score (nSPS) is 18.2. The lowest BCUT2D eigenvalue weighted by Crippen LogP contribution is -2.36. The van der Waals surface area contributed by atoms with Crippen molar-refractivity contribution in [1.29, 1.82) is 0 Å². The second kappa shape index (κ2) is 4.37. The van der Waals surface area contributed by atoms with Gasteiger partial charge in [0.15, 0.2) is 0 Å². The largest absolute Gasteiger partial charge is 0.341 e. The van der Waals surface area contributed by atoms with Gasteiger partial charge < -0.3 is 10.2 Å². The van der Waals surface area contributed by atoms with E-state index in [1.807, 2.05) is 13.0 Å². The highest BCUT2D eigenvalue weighted by Gasteiger charge is 2.38. The highest BCUT2D eigenvalue weighted by molar-refractivity contribution is 6.34. The summed E-state index contributed by atoms with van der Waals surface area (Å²) in [5.74, 6) is -0.363. The minimum absolute atomic E-state index is 0.134. The van der Waals surface area contributed by atoms with E-state index < -0.39 is 6.04 Å². The molecule has 0 aromatic heterocycles. The number of carbonyl (C=O) groups is 2. The van der Waals surface area contributed by atoms with Gasteiger partial charge in [-0.15, -0.1) is 0 Å². The van der Waals surface area contributed by atoms with Crippen molar-refractivity contribution in [1.82, 2.24) is 5.32 Å². The van der Waals surface area contributed by atoms with Gasteiger partial charge in [-0.25, -0.2) is 0 Å². The molecule has 2 rings (SSSR count). The number of hydrogen-bond acceptors (Lipinski definition) is 2. The van der Waals surface area contributed by atoms with Crippen LogP contribution in [0.25, 0.3) is 0 Å². The van der Waals surface area contributed by atoms with Crippen LogP contribution in [0.3, 0.4) is 0 Å². The summed E-state index contributed by atoms with van der Waals surface area (Å²) in [5, 5.41) is 3.18. The molecule has 2 amide bonds. The van der Waals surface area contributed by atoms with Crippen LogP contribution in [0.2, 0.25) is 5.02 Å². The molecule has 1 heterocycles. The molecule has 17 heavy (non-hydrogen) atoms. The summed E-state index contributed by atoms with van der Waals surface area (Å²) in [6, 6.07) is 4.73. The number of hydrogen-bond donors (Lipinski definition) is 1. The Morgan fingerprint density at radius 1 is 1.53 bits per heavy atom. The molecule has 0 aliphatic carbocycles. The zero-order valence-electron chi connectivity index (χ0n) is 9.66. The van der Waals surface area contributed by atoms with E-state index in [0.29, 0.717) is 17.3 Å². The number of para-hydroxylation sites is 1. The van der Waals surface area contributed by atoms with Crippen LogP contribution < -0.4 is 10.2 Å². The first-order valence-corrected chi connectivity index (χ1v) is 5.81. The van der Waals surface area contributed by atoms with Crippen LogP contribution in [-0.2, 0) is 9.59 Å². The van der Waals surface area contributed by atoms with Gasteiger partial charge in [-0.2, -0.15) is 0 Å². The fourth-order valence-electron chi connectivity index (χ4n) is 2.11. The Balaban J connectivity index is 2.50. The number of fused-ring (bicyclic) bond motifs is 1. The van der Waals surface area contributed by atoms with E-state index >= 15 is 0 Å². The number of amides is 2. The van der Waals surface area contributed by atoms with Crippen LogP contribution in [0.1, 0.15) is 25.5 Å². The fraction of sp³-hybridized carbons (Fsp3) is 0.333. The Kier molecular flexibility index (Phi) is 3.07. The van der Waals surface area contributed by atoms with E-state index in [4.69, 9.17) is 11.6 Å². The van der Waals surface area contributed by atoms with Crippen LogP contribution in [0.5, 0.6) is 0 Å². The quantitative estimate of drug-likeness (QED) is 0.874. The zero-order chi connectivity index (χ0) is 12.6. The van der Waals surface area contributed by atoms with Gasteiger partial charge in [0.1, 0.15) is 6.04 Å². The second-order valence-corrected chi connectivity index (χ2v) is 4.30. The standard InChI is InChI=1S/C12H13ClN2O2/c1-3-15-11-8(5-4-6-9(11)13)10(12(15)17)14-7(2)16/h4-6,10H,3H2,1-2H3,(H,14,16)/t10-/m0/s1. The first kappa shape index (κ1) is 11.9. The van der Waals surface area contributed by atoms with E-state index in [-0.39, 0.29) is 11.8 Å². The SMILES string of the molecule is CCN1C(=O)[C@@H](NC(C)=O)c2cccc(Cl)c21. The van der Waals surface area contributed by atoms with Crippen molar-refractivity contribution in [2.75, 3.05) is 11.4 Å². The van der Waals surface area contributed by atoms with Gasteiger partial charge >= 0.3 is 0 Å². The Morgan fingerprint density at radius 2 is 2.24 bits per heavy atom. The van der Waals surface area contributed by atoms with Crippen LogP contribution in [-0.4, -0.2) is 18.4 Å². The van der Waals surface area contributed by atoms with E-state index in [1.165, 1.54) is 6.92 Å². The van der Waals surface area contributed by atoms with Crippen LogP contribution >= 0.6 is 11.6 Å². The van der Waals surface area contributed by atoms with Crippen LogP contribution in [0.4, 0.5) is 5.69 Å². The summed E-state index contributed by atoms with van der Waals surface area (Å²) in [7, 11) is 0. The number of anilines is 1. The van der Waals surface area contributed by atoms with E-state index in [9.17, 15) is 9.59 Å². The molecule has 0 spiro atoms. The smallest absolute Gasteiger partial charge is 0.254 e. The lowest BCUT2D eigenvalue weighted by Gasteiger charge is -2.16. The summed E-state index contributed by atoms with van der Waals surface area (Å²) in [4.78, 5) is 24.8. The average Bonchev–Trinajstić information content (AvgIpc) is 2.53. The van der Waals surface area contributed by atoms with Crippen molar-refractivity contribution < 1.29 is 9.59 Å². The predicted molar refractivity (Wildman–Crippen MR) is 66.0 cm³/mol. The van der Waals surface area contributed by atoms with Crippen LogP contribution in [0.15, 0.2) is 18.2 Å². The van der Waals surface area contributed by atoms with E-state index in [0.717, 1.165) is 5.56 Å². The summed E-state index contributed by atoms with van der Waals surface area (Å²) in [6.45, 7) is 3.80.